The van der Waals surface area contributed by atoms with Crippen molar-refractivity contribution >= 4 is 24.2 Å². The maximum atomic E-state index is 13.3. The standard InChI is InChI=1S/C20H33N3O2.ClH/c24-18(22-10-4-1-5-11-22)16-7-12-23(13-8-16)19(25)20-9-3-2-6-17(20)14-21-15-20;/h16-17,21H,1-15H2;1H/t17-,20+;/m0./s1. The van der Waals surface area contributed by atoms with Gasteiger partial charge >= 0.3 is 0 Å². The van der Waals surface area contributed by atoms with Crippen LogP contribution >= 0.6 is 12.4 Å². The largest absolute Gasteiger partial charge is 0.342 e. The van der Waals surface area contributed by atoms with Gasteiger partial charge in [0.05, 0.1) is 5.41 Å². The number of rotatable bonds is 2. The van der Waals surface area contributed by atoms with Crippen molar-refractivity contribution in [1.29, 1.82) is 0 Å². The zero-order valence-corrected chi connectivity index (χ0v) is 16.7. The molecule has 4 rings (SSSR count). The SMILES string of the molecule is Cl.O=C(C1CCN(C(=O)[C@@]23CCCC[C@H]2CNC3)CC1)N1CCCCC1. The van der Waals surface area contributed by atoms with Gasteiger partial charge in [0.2, 0.25) is 11.8 Å². The topological polar surface area (TPSA) is 52.7 Å². The van der Waals surface area contributed by atoms with Gasteiger partial charge in [-0.1, -0.05) is 12.8 Å². The number of nitrogens with one attached hydrogen (secondary N) is 1. The molecule has 6 heteroatoms. The number of piperidine rings is 2. The maximum Gasteiger partial charge on any atom is 0.230 e. The third-order valence-electron chi connectivity index (χ3n) is 7.26. The van der Waals surface area contributed by atoms with Crippen LogP contribution in [0.4, 0.5) is 0 Å². The average molecular weight is 384 g/mol. The second-order valence-corrected chi connectivity index (χ2v) is 8.68. The highest BCUT2D eigenvalue weighted by molar-refractivity contribution is 5.85. The second kappa shape index (κ2) is 8.47. The molecular formula is C20H34ClN3O2. The fourth-order valence-corrected chi connectivity index (χ4v) is 5.69. The van der Waals surface area contributed by atoms with Gasteiger partial charge in [-0.15, -0.1) is 12.4 Å². The Morgan fingerprint density at radius 1 is 0.846 bits per heavy atom. The summed E-state index contributed by atoms with van der Waals surface area (Å²) in [5.74, 6) is 1.40. The van der Waals surface area contributed by atoms with E-state index in [9.17, 15) is 9.59 Å². The van der Waals surface area contributed by atoms with E-state index in [1.54, 1.807) is 0 Å². The molecule has 148 valence electrons. The third kappa shape index (κ3) is 3.62. The highest BCUT2D eigenvalue weighted by Crippen LogP contribution is 2.45. The van der Waals surface area contributed by atoms with Crippen LogP contribution in [0.2, 0.25) is 0 Å². The van der Waals surface area contributed by atoms with Gasteiger partial charge in [0.15, 0.2) is 0 Å². The normalized spacial score (nSPS) is 32.7. The first-order chi connectivity index (χ1) is 12.2. The lowest BCUT2D eigenvalue weighted by molar-refractivity contribution is -0.149. The van der Waals surface area contributed by atoms with Gasteiger partial charge in [0.1, 0.15) is 0 Å². The first kappa shape index (κ1) is 19.9. The molecule has 0 radical (unpaired) electrons. The summed E-state index contributed by atoms with van der Waals surface area (Å²) in [6, 6.07) is 0. The fourth-order valence-electron chi connectivity index (χ4n) is 5.69. The quantitative estimate of drug-likeness (QED) is 0.796. The van der Waals surface area contributed by atoms with Gasteiger partial charge in [0.25, 0.3) is 0 Å². The highest BCUT2D eigenvalue weighted by atomic mass is 35.5. The monoisotopic (exact) mass is 383 g/mol. The fraction of sp³-hybridized carbons (Fsp3) is 0.900. The summed E-state index contributed by atoms with van der Waals surface area (Å²) in [6.07, 6.45) is 9.98. The van der Waals surface area contributed by atoms with Crippen molar-refractivity contribution < 1.29 is 9.59 Å². The lowest BCUT2D eigenvalue weighted by Crippen LogP contribution is -2.53. The van der Waals surface area contributed by atoms with Crippen LogP contribution < -0.4 is 5.32 Å². The number of hydrogen-bond donors (Lipinski definition) is 1. The van der Waals surface area contributed by atoms with E-state index in [0.29, 0.717) is 17.7 Å². The van der Waals surface area contributed by atoms with Crippen LogP contribution in [0.3, 0.4) is 0 Å². The molecule has 26 heavy (non-hydrogen) atoms. The smallest absolute Gasteiger partial charge is 0.230 e. The molecule has 0 aromatic carbocycles. The Morgan fingerprint density at radius 2 is 1.58 bits per heavy atom. The van der Waals surface area contributed by atoms with Gasteiger partial charge in [-0.3, -0.25) is 9.59 Å². The molecule has 1 saturated carbocycles. The highest BCUT2D eigenvalue weighted by Gasteiger charge is 2.51. The molecular weight excluding hydrogens is 350 g/mol. The van der Waals surface area contributed by atoms with Gasteiger partial charge in [-0.05, 0) is 57.4 Å². The van der Waals surface area contributed by atoms with Crippen LogP contribution in [0.1, 0.15) is 57.8 Å². The van der Waals surface area contributed by atoms with E-state index in [-0.39, 0.29) is 23.7 Å². The van der Waals surface area contributed by atoms with Crippen LogP contribution in [-0.2, 0) is 9.59 Å². The predicted molar refractivity (Wildman–Crippen MR) is 104 cm³/mol. The second-order valence-electron chi connectivity index (χ2n) is 8.68. The summed E-state index contributed by atoms with van der Waals surface area (Å²) in [6.45, 7) is 5.30. The predicted octanol–water partition coefficient (Wildman–Crippen LogP) is 2.44. The summed E-state index contributed by atoms with van der Waals surface area (Å²) in [4.78, 5) is 30.2. The zero-order chi connectivity index (χ0) is 17.3. The summed E-state index contributed by atoms with van der Waals surface area (Å²) < 4.78 is 0. The Balaban J connectivity index is 0.00000196. The molecule has 0 bridgehead atoms. The number of carbonyl (C=O) groups is 2. The number of nitrogens with zero attached hydrogens (tertiary/aromatic N) is 2. The molecule has 0 aromatic heterocycles. The number of fused-ring (bicyclic) bond motifs is 1. The van der Waals surface area contributed by atoms with Crippen LogP contribution in [-0.4, -0.2) is 60.9 Å². The van der Waals surface area contributed by atoms with Crippen molar-refractivity contribution in [3.63, 3.8) is 0 Å². The van der Waals surface area contributed by atoms with Crippen LogP contribution in [0.5, 0.6) is 0 Å². The molecule has 2 atom stereocenters. The molecule has 1 aliphatic carbocycles. The zero-order valence-electron chi connectivity index (χ0n) is 15.9. The first-order valence-corrected chi connectivity index (χ1v) is 10.5. The van der Waals surface area contributed by atoms with Crippen LogP contribution in [0, 0.1) is 17.3 Å². The Morgan fingerprint density at radius 3 is 2.31 bits per heavy atom. The lowest BCUT2D eigenvalue weighted by atomic mass is 9.67. The maximum absolute atomic E-state index is 13.3. The van der Waals surface area contributed by atoms with Crippen molar-refractivity contribution in [2.45, 2.75) is 57.8 Å². The summed E-state index contributed by atoms with van der Waals surface area (Å²) in [5, 5.41) is 3.49. The molecule has 1 N–H and O–H groups in total. The first-order valence-electron chi connectivity index (χ1n) is 10.5. The number of amides is 2. The summed E-state index contributed by atoms with van der Waals surface area (Å²) in [5.41, 5.74) is -0.137. The van der Waals surface area contributed by atoms with Crippen molar-refractivity contribution in [3.05, 3.63) is 0 Å². The molecule has 0 unspecified atom stereocenters. The Bertz CT molecular complexity index is 515. The lowest BCUT2D eigenvalue weighted by Gasteiger charge is -2.43. The van der Waals surface area contributed by atoms with Crippen molar-refractivity contribution in [2.75, 3.05) is 39.3 Å². The van der Waals surface area contributed by atoms with Crippen LogP contribution in [0.25, 0.3) is 0 Å². The van der Waals surface area contributed by atoms with E-state index in [1.165, 1.54) is 25.7 Å². The van der Waals surface area contributed by atoms with E-state index >= 15 is 0 Å². The molecule has 0 spiro atoms. The van der Waals surface area contributed by atoms with Gasteiger partial charge in [-0.25, -0.2) is 0 Å². The molecule has 3 aliphatic heterocycles. The molecule has 4 aliphatic rings. The van der Waals surface area contributed by atoms with Crippen molar-refractivity contribution in [1.82, 2.24) is 15.1 Å². The van der Waals surface area contributed by atoms with Gasteiger partial charge in [0, 0.05) is 38.6 Å². The molecule has 2 amide bonds. The van der Waals surface area contributed by atoms with E-state index in [0.717, 1.165) is 71.4 Å². The third-order valence-corrected chi connectivity index (χ3v) is 7.26. The molecule has 3 heterocycles. The van der Waals surface area contributed by atoms with Crippen molar-refractivity contribution in [2.24, 2.45) is 17.3 Å². The Labute approximate surface area is 163 Å². The number of likely N-dealkylation sites (tertiary alicyclic amines) is 2. The van der Waals surface area contributed by atoms with Crippen molar-refractivity contribution in [3.8, 4) is 0 Å². The van der Waals surface area contributed by atoms with E-state index < -0.39 is 0 Å². The van der Waals surface area contributed by atoms with E-state index in [2.05, 4.69) is 15.1 Å². The number of halogens is 1. The molecule has 4 fully saturated rings. The minimum atomic E-state index is -0.137. The van der Waals surface area contributed by atoms with E-state index in [1.807, 2.05) is 0 Å². The summed E-state index contributed by atoms with van der Waals surface area (Å²) >= 11 is 0. The molecule has 3 saturated heterocycles. The number of carbonyl (C=O) groups excluding carboxylic acids is 2. The minimum absolute atomic E-state index is 0. The van der Waals surface area contributed by atoms with Gasteiger partial charge in [-0.2, -0.15) is 0 Å². The number of hydrogen-bond acceptors (Lipinski definition) is 3. The van der Waals surface area contributed by atoms with E-state index in [4.69, 9.17) is 0 Å². The van der Waals surface area contributed by atoms with Crippen LogP contribution in [0.15, 0.2) is 0 Å². The van der Waals surface area contributed by atoms with Gasteiger partial charge < -0.3 is 15.1 Å². The molecule has 0 aromatic rings. The molecule has 5 nitrogen and oxygen atoms in total. The average Bonchev–Trinajstić information content (AvgIpc) is 3.13. The Hall–Kier alpha value is -0.810. The minimum Gasteiger partial charge on any atom is -0.342 e. The Kier molecular flexibility index (Phi) is 6.50. The summed E-state index contributed by atoms with van der Waals surface area (Å²) in [7, 11) is 0.